The smallest absolute Gasteiger partial charge is 0.0776 e. The van der Waals surface area contributed by atoms with E-state index in [1.165, 1.54) is 132 Å². The molecular formula is C104H126N4Si4. The molecule has 0 radical (unpaired) electrons. The van der Waals surface area contributed by atoms with Crippen LogP contribution in [0.5, 0.6) is 0 Å². The SMILES string of the molecule is CCCc1cccc(CCC)c1-c1cc([Si](C)(C)C)ccc1-c1c2nc(c(-c3ccc([Si](C)(C)C)cc3-c3c(CCC)cccc3CCC)c3ccc([nH]3)c(-c3ccc([Si](C)(C)C)cc3-c3c(CCC)cccc3CCC)c3nc(c(-c4ccc([Si](C)(C)C)cc4-c4c(CCC)cccc4CCC)c4ccc1[nH]4)C=C3)C=C2. The minimum absolute atomic E-state index is 0.936. The largest absolute Gasteiger partial charge is 0.354 e. The van der Waals surface area contributed by atoms with E-state index < -0.39 is 32.3 Å². The molecule has 2 aliphatic heterocycles. The monoisotopic (exact) mass is 1540 g/mol. The van der Waals surface area contributed by atoms with Crippen LogP contribution in [0.3, 0.4) is 0 Å². The van der Waals surface area contributed by atoms with E-state index in [1.807, 2.05) is 0 Å². The van der Waals surface area contributed by atoms with Crippen LogP contribution in [0.2, 0.25) is 78.6 Å². The molecule has 0 saturated heterocycles. The van der Waals surface area contributed by atoms with Gasteiger partial charge in [0.2, 0.25) is 0 Å². The van der Waals surface area contributed by atoms with Crippen molar-refractivity contribution in [3.05, 3.63) is 237 Å². The topological polar surface area (TPSA) is 57.4 Å². The number of fused-ring (bicyclic) bond motifs is 8. The normalized spacial score (nSPS) is 12.6. The lowest BCUT2D eigenvalue weighted by molar-refractivity contribution is 0.899. The van der Waals surface area contributed by atoms with E-state index in [0.717, 1.165) is 170 Å². The number of hydrogen-bond acceptors (Lipinski definition) is 2. The summed E-state index contributed by atoms with van der Waals surface area (Å²) in [6.07, 6.45) is 25.8. The first-order chi connectivity index (χ1) is 53.7. The van der Waals surface area contributed by atoms with Crippen molar-refractivity contribution in [2.45, 2.75) is 237 Å². The van der Waals surface area contributed by atoms with Crippen molar-refractivity contribution >= 4 is 99.4 Å². The van der Waals surface area contributed by atoms with Crippen molar-refractivity contribution in [3.63, 3.8) is 0 Å². The number of aryl methyl sites for hydroxylation is 8. The molecule has 8 aromatic carbocycles. The number of benzene rings is 8. The van der Waals surface area contributed by atoms with Gasteiger partial charge >= 0.3 is 0 Å². The Hall–Kier alpha value is -8.77. The van der Waals surface area contributed by atoms with Crippen LogP contribution in [-0.4, -0.2) is 52.2 Å². The molecule has 0 saturated carbocycles. The summed E-state index contributed by atoms with van der Waals surface area (Å²) in [6.45, 7) is 48.8. The summed E-state index contributed by atoms with van der Waals surface area (Å²) in [6, 6.07) is 68.5. The Morgan fingerprint density at radius 3 is 0.554 bits per heavy atom. The lowest BCUT2D eigenvalue weighted by Crippen LogP contribution is -2.37. The average Bonchev–Trinajstić information content (AvgIpc) is 1.52. The number of nitrogens with zero attached hydrogens (tertiary/aromatic N) is 2. The summed E-state index contributed by atoms with van der Waals surface area (Å²) < 4.78 is 0. The van der Waals surface area contributed by atoms with Gasteiger partial charge < -0.3 is 9.97 Å². The van der Waals surface area contributed by atoms with E-state index in [1.54, 1.807) is 0 Å². The maximum Gasteiger partial charge on any atom is 0.0776 e. The van der Waals surface area contributed by atoms with Gasteiger partial charge in [-0.25, -0.2) is 9.97 Å². The molecule has 2 aliphatic rings. The second-order valence-corrected chi connectivity index (χ2v) is 56.7. The number of rotatable bonds is 28. The van der Waals surface area contributed by atoms with Gasteiger partial charge in [0.05, 0.1) is 55.1 Å². The third kappa shape index (κ3) is 16.6. The van der Waals surface area contributed by atoms with Crippen LogP contribution >= 0.6 is 0 Å². The Morgan fingerprint density at radius 2 is 0.393 bits per heavy atom. The zero-order valence-electron chi connectivity index (χ0n) is 71.7. The summed E-state index contributed by atoms with van der Waals surface area (Å²) in [5.74, 6) is 0. The van der Waals surface area contributed by atoms with Gasteiger partial charge in [-0.15, -0.1) is 0 Å². The molecule has 8 heteroatoms. The van der Waals surface area contributed by atoms with Crippen LogP contribution in [-0.2, 0) is 51.4 Å². The Bertz CT molecular complexity index is 4800. The molecule has 0 unspecified atom stereocenters. The number of aromatic amines is 2. The fraction of sp³-hybridized carbons (Fsp3) is 0.346. The molecule has 3 aromatic heterocycles. The minimum atomic E-state index is -1.90. The van der Waals surface area contributed by atoms with Crippen molar-refractivity contribution in [3.8, 4) is 89.0 Å². The van der Waals surface area contributed by atoms with Gasteiger partial charge in [-0.3, -0.25) is 0 Å². The zero-order valence-corrected chi connectivity index (χ0v) is 75.7. The van der Waals surface area contributed by atoms with Gasteiger partial charge in [0.25, 0.3) is 0 Å². The van der Waals surface area contributed by atoms with Crippen LogP contribution in [0.25, 0.3) is 135 Å². The summed E-state index contributed by atoms with van der Waals surface area (Å²) in [5, 5.41) is 5.80. The molecule has 8 bridgehead atoms. The van der Waals surface area contributed by atoms with Crippen molar-refractivity contribution in [1.82, 2.24) is 19.9 Å². The van der Waals surface area contributed by atoms with Gasteiger partial charge in [-0.05, 0) is 211 Å². The first-order valence-corrected chi connectivity index (χ1v) is 57.0. The Kier molecular flexibility index (Phi) is 24.7. The summed E-state index contributed by atoms with van der Waals surface area (Å²) in [4.78, 5) is 21.4. The highest BCUT2D eigenvalue weighted by molar-refractivity contribution is 6.90. The van der Waals surface area contributed by atoms with E-state index in [-0.39, 0.29) is 0 Å². The maximum atomic E-state index is 6.30. The van der Waals surface area contributed by atoms with Crippen molar-refractivity contribution in [1.29, 1.82) is 0 Å². The predicted octanol–water partition coefficient (Wildman–Crippen LogP) is 27.8. The van der Waals surface area contributed by atoms with E-state index in [2.05, 4.69) is 338 Å². The number of H-pyrrole nitrogens is 2. The number of nitrogens with one attached hydrogen (secondary N) is 2. The second kappa shape index (κ2) is 34.1. The molecule has 11 aromatic rings. The summed E-state index contributed by atoms with van der Waals surface area (Å²) in [7, 11) is -7.59. The fourth-order valence-corrected chi connectivity index (χ4v) is 22.5. The molecule has 4 nitrogen and oxygen atoms in total. The van der Waals surface area contributed by atoms with Crippen LogP contribution in [0.1, 0.15) is 174 Å². The third-order valence-corrected chi connectivity index (χ3v) is 31.7. The first-order valence-electron chi connectivity index (χ1n) is 43.0. The lowest BCUT2D eigenvalue weighted by atomic mass is 9.85. The van der Waals surface area contributed by atoms with Crippen molar-refractivity contribution in [2.24, 2.45) is 0 Å². The summed E-state index contributed by atoms with van der Waals surface area (Å²) in [5.41, 5.74) is 39.0. The molecular weight excluding hydrogens is 1420 g/mol. The van der Waals surface area contributed by atoms with Gasteiger partial charge in [-0.2, -0.15) is 0 Å². The predicted molar refractivity (Wildman–Crippen MR) is 506 cm³/mol. The molecule has 0 amide bonds. The van der Waals surface area contributed by atoms with Crippen LogP contribution in [0, 0.1) is 0 Å². The molecule has 2 N–H and O–H groups in total. The Morgan fingerprint density at radius 1 is 0.214 bits per heavy atom. The summed E-state index contributed by atoms with van der Waals surface area (Å²) >= 11 is 0. The lowest BCUT2D eigenvalue weighted by Gasteiger charge is -2.24. The number of hydrogen-bond donors (Lipinski definition) is 2. The highest BCUT2D eigenvalue weighted by Crippen LogP contribution is 2.49. The fourth-order valence-electron chi connectivity index (χ4n) is 17.9. The van der Waals surface area contributed by atoms with Crippen LogP contribution < -0.4 is 20.7 Å². The van der Waals surface area contributed by atoms with Gasteiger partial charge in [-0.1, -0.05) is 352 Å². The van der Waals surface area contributed by atoms with E-state index in [0.29, 0.717) is 0 Å². The van der Waals surface area contributed by atoms with E-state index in [4.69, 9.17) is 9.97 Å². The first kappa shape index (κ1) is 81.2. The zero-order chi connectivity index (χ0) is 79.6. The second-order valence-electron chi connectivity index (χ2n) is 36.3. The highest BCUT2D eigenvalue weighted by Gasteiger charge is 2.31. The molecule has 5 heterocycles. The molecule has 0 spiro atoms. The highest BCUT2D eigenvalue weighted by atomic mass is 28.3. The van der Waals surface area contributed by atoms with Gasteiger partial charge in [0, 0.05) is 44.3 Å². The Labute approximate surface area is 677 Å². The molecule has 0 aliphatic carbocycles. The van der Waals surface area contributed by atoms with Crippen molar-refractivity contribution < 1.29 is 0 Å². The molecule has 0 fully saturated rings. The number of aromatic nitrogens is 4. The third-order valence-electron chi connectivity index (χ3n) is 23.6. The minimum Gasteiger partial charge on any atom is -0.354 e. The quantitative estimate of drug-likeness (QED) is 0.0480. The van der Waals surface area contributed by atoms with Gasteiger partial charge in [0.1, 0.15) is 0 Å². The molecule has 112 heavy (non-hydrogen) atoms. The standard InChI is InChI=1S/C104H126N4Si4/c1-21-33-69-41-29-42-70(34-22-2)97(69)85-65-77(109(9,10)11)49-53-81(85)101-89-57-59-91(105-89)102(82-54-50-78(110(12,13)14)66-86(82)98-71(35-23-3)43-30-44-72(98)36-24-4)93-61-63-95(107-93)104(84-56-52-80(112(18,19)20)68-88(84)100-75(39-27-7)47-32-48-76(100)40-28-8)96-64-62-94(108-96)103(92-60-58-90(101)106-92)83-55-51-79(111(15,16)17)67-87(83)99-73(37-25-5)45-31-46-74(99)38-26-6/h29-32,41-68,105,108H,21-28,33-40H2,1-20H3. The average molecular weight is 1540 g/mol. The molecule has 0 atom stereocenters. The van der Waals surface area contributed by atoms with E-state index in [9.17, 15) is 0 Å². The van der Waals surface area contributed by atoms with Crippen LogP contribution in [0.15, 0.2) is 170 Å². The molecule has 578 valence electrons. The van der Waals surface area contributed by atoms with Crippen molar-refractivity contribution in [2.75, 3.05) is 0 Å². The maximum absolute atomic E-state index is 6.30. The van der Waals surface area contributed by atoms with Crippen LogP contribution in [0.4, 0.5) is 0 Å². The molecule has 13 rings (SSSR count). The Balaban J connectivity index is 1.30. The van der Waals surface area contributed by atoms with E-state index >= 15 is 0 Å². The van der Waals surface area contributed by atoms with Gasteiger partial charge in [0.15, 0.2) is 0 Å².